The molecule has 1 amide bonds. The first kappa shape index (κ1) is 24.4. The molecule has 0 unspecified atom stereocenters. The number of halogens is 1. The van der Waals surface area contributed by atoms with Crippen LogP contribution in [0.5, 0.6) is 0 Å². The van der Waals surface area contributed by atoms with E-state index in [2.05, 4.69) is 10.1 Å². The van der Waals surface area contributed by atoms with Gasteiger partial charge >= 0.3 is 5.97 Å². The molecule has 1 aromatic heterocycles. The van der Waals surface area contributed by atoms with Crippen molar-refractivity contribution < 1.29 is 18.8 Å². The molecule has 1 heterocycles. The minimum Gasteiger partial charge on any atom is -0.456 e. The van der Waals surface area contributed by atoms with Crippen molar-refractivity contribution in [3.05, 3.63) is 40.5 Å². The summed E-state index contributed by atoms with van der Waals surface area (Å²) in [6.07, 6.45) is 1.19. The second-order valence-electron chi connectivity index (χ2n) is 8.16. The number of rotatable bonds is 9. The smallest absolute Gasteiger partial charge is 0.306 e. The molecule has 1 aromatic carbocycles. The van der Waals surface area contributed by atoms with E-state index >= 15 is 0 Å². The van der Waals surface area contributed by atoms with Crippen LogP contribution in [0, 0.1) is 18.3 Å². The maximum absolute atomic E-state index is 12.6. The van der Waals surface area contributed by atoms with Crippen molar-refractivity contribution in [2.24, 2.45) is 0 Å². The molecule has 0 saturated heterocycles. The second-order valence-corrected chi connectivity index (χ2v) is 8.57. The average Bonchev–Trinajstić information content (AvgIpc) is 3.19. The Balaban J connectivity index is 1.85. The van der Waals surface area contributed by atoms with E-state index in [0.717, 1.165) is 5.56 Å². The van der Waals surface area contributed by atoms with Crippen molar-refractivity contribution in [3.8, 4) is 6.07 Å². The molecule has 0 saturated carbocycles. The number of esters is 1. The van der Waals surface area contributed by atoms with Crippen LogP contribution >= 0.6 is 11.6 Å². The fourth-order valence-electron chi connectivity index (χ4n) is 2.69. The molecule has 0 aliphatic rings. The Kier molecular flexibility index (Phi) is 8.57. The second kappa shape index (κ2) is 10.9. The number of hydrogen-bond donors (Lipinski definition) is 0. The molecular weight excluding hydrogens is 420 g/mol. The summed E-state index contributed by atoms with van der Waals surface area (Å²) in [4.78, 5) is 30.4. The number of aryl methyl sites for hydroxylation is 2. The summed E-state index contributed by atoms with van der Waals surface area (Å²) < 4.78 is 10.3. The van der Waals surface area contributed by atoms with Gasteiger partial charge in [0.1, 0.15) is 0 Å². The van der Waals surface area contributed by atoms with E-state index in [1.165, 1.54) is 4.90 Å². The third-order valence-corrected chi connectivity index (χ3v) is 4.89. The Morgan fingerprint density at radius 3 is 2.68 bits per heavy atom. The maximum Gasteiger partial charge on any atom is 0.306 e. The number of benzene rings is 1. The first-order valence-electron chi connectivity index (χ1n) is 10.0. The van der Waals surface area contributed by atoms with Crippen LogP contribution < -0.4 is 4.90 Å². The Bertz CT molecular complexity index is 959. The monoisotopic (exact) mass is 446 g/mol. The van der Waals surface area contributed by atoms with E-state index < -0.39 is 18.5 Å². The molecule has 31 heavy (non-hydrogen) atoms. The van der Waals surface area contributed by atoms with Gasteiger partial charge in [0.05, 0.1) is 12.5 Å². The van der Waals surface area contributed by atoms with Crippen molar-refractivity contribution in [2.45, 2.75) is 58.8 Å². The number of nitriles is 1. The highest BCUT2D eigenvalue weighted by Gasteiger charge is 2.21. The van der Waals surface area contributed by atoms with Crippen LogP contribution in [-0.2, 0) is 26.2 Å². The normalized spacial score (nSPS) is 11.1. The summed E-state index contributed by atoms with van der Waals surface area (Å²) in [5.41, 5.74) is 1.20. The molecule has 0 spiro atoms. The molecule has 9 heteroatoms. The van der Waals surface area contributed by atoms with Crippen LogP contribution in [0.2, 0.25) is 5.02 Å². The van der Waals surface area contributed by atoms with Crippen LogP contribution in [0.3, 0.4) is 0 Å². The van der Waals surface area contributed by atoms with E-state index in [1.54, 1.807) is 18.2 Å². The molecule has 166 valence electrons. The van der Waals surface area contributed by atoms with Gasteiger partial charge in [-0.3, -0.25) is 9.59 Å². The number of ether oxygens (including phenoxy) is 1. The number of hydrogen-bond acceptors (Lipinski definition) is 7. The van der Waals surface area contributed by atoms with Gasteiger partial charge in [-0.1, -0.05) is 37.5 Å². The van der Waals surface area contributed by atoms with Crippen molar-refractivity contribution in [1.82, 2.24) is 10.1 Å². The molecule has 0 atom stereocenters. The molecule has 2 aromatic rings. The molecular formula is C22H27ClN4O4. The highest BCUT2D eigenvalue weighted by Crippen LogP contribution is 2.23. The predicted molar refractivity (Wildman–Crippen MR) is 116 cm³/mol. The molecule has 0 N–H and O–H groups in total. The van der Waals surface area contributed by atoms with Crippen LogP contribution in [0.25, 0.3) is 0 Å². The highest BCUT2D eigenvalue weighted by molar-refractivity contribution is 6.31. The number of nitrogens with zero attached hydrogens (tertiary/aromatic N) is 4. The molecule has 0 aliphatic carbocycles. The van der Waals surface area contributed by atoms with Crippen LogP contribution in [-0.4, -0.2) is 35.2 Å². The third kappa shape index (κ3) is 7.37. The number of anilines is 1. The topological polar surface area (TPSA) is 109 Å². The molecule has 0 fully saturated rings. The van der Waals surface area contributed by atoms with Crippen molar-refractivity contribution in [3.63, 3.8) is 0 Å². The first-order chi connectivity index (χ1) is 14.6. The summed E-state index contributed by atoms with van der Waals surface area (Å²) in [5, 5.41) is 13.4. The number of amides is 1. The lowest BCUT2D eigenvalue weighted by Crippen LogP contribution is -2.35. The maximum atomic E-state index is 12.6. The third-order valence-electron chi connectivity index (χ3n) is 4.47. The van der Waals surface area contributed by atoms with Crippen molar-refractivity contribution >= 4 is 29.2 Å². The molecule has 8 nitrogen and oxygen atoms in total. The summed E-state index contributed by atoms with van der Waals surface area (Å²) in [7, 11) is 0. The van der Waals surface area contributed by atoms with E-state index in [0.29, 0.717) is 35.3 Å². The minimum absolute atomic E-state index is 0.124. The Morgan fingerprint density at radius 1 is 1.32 bits per heavy atom. The lowest BCUT2D eigenvalue weighted by Gasteiger charge is -2.22. The summed E-state index contributed by atoms with van der Waals surface area (Å²) >= 11 is 6.05. The molecule has 0 aliphatic heterocycles. The fraction of sp³-hybridized carbons (Fsp3) is 0.500. The summed E-state index contributed by atoms with van der Waals surface area (Å²) in [6.45, 7) is 7.58. The molecule has 0 bridgehead atoms. The van der Waals surface area contributed by atoms with Gasteiger partial charge < -0.3 is 14.2 Å². The largest absolute Gasteiger partial charge is 0.456 e. The Labute approximate surface area is 187 Å². The average molecular weight is 447 g/mol. The van der Waals surface area contributed by atoms with Gasteiger partial charge in [-0.15, -0.1) is 0 Å². The van der Waals surface area contributed by atoms with E-state index in [4.69, 9.17) is 26.1 Å². The first-order valence-corrected chi connectivity index (χ1v) is 10.4. The van der Waals surface area contributed by atoms with Crippen molar-refractivity contribution in [1.29, 1.82) is 5.26 Å². The molecule has 0 radical (unpaired) electrons. The van der Waals surface area contributed by atoms with Crippen LogP contribution in [0.15, 0.2) is 22.7 Å². The van der Waals surface area contributed by atoms with Gasteiger partial charge in [-0.05, 0) is 37.1 Å². The molecule has 2 rings (SSSR count). The highest BCUT2D eigenvalue weighted by atomic mass is 35.5. The lowest BCUT2D eigenvalue weighted by molar-refractivity contribution is -0.147. The number of carbonyl (C=O) groups is 2. The van der Waals surface area contributed by atoms with Crippen molar-refractivity contribution in [2.75, 3.05) is 18.1 Å². The van der Waals surface area contributed by atoms with Gasteiger partial charge in [0, 0.05) is 35.5 Å². The van der Waals surface area contributed by atoms with Gasteiger partial charge in [-0.2, -0.15) is 10.2 Å². The summed E-state index contributed by atoms with van der Waals surface area (Å²) in [5.74, 6) is 0.189. The Morgan fingerprint density at radius 2 is 2.06 bits per heavy atom. The SMILES string of the molecule is Cc1cc(N(CCC#N)C(=O)COC(=O)CCCc2nc(C(C)(C)C)no2)ccc1Cl. The van der Waals surface area contributed by atoms with Crippen LogP contribution in [0.1, 0.15) is 57.3 Å². The number of carbonyl (C=O) groups excluding carboxylic acids is 2. The number of aromatic nitrogens is 2. The predicted octanol–water partition coefficient (Wildman–Crippen LogP) is 4.14. The Hall–Kier alpha value is -2.92. The van der Waals surface area contributed by atoms with Gasteiger partial charge in [-0.25, -0.2) is 0 Å². The van der Waals surface area contributed by atoms with E-state index in [-0.39, 0.29) is 24.8 Å². The van der Waals surface area contributed by atoms with Gasteiger partial charge in [0.15, 0.2) is 12.4 Å². The lowest BCUT2D eigenvalue weighted by atomic mass is 9.96. The summed E-state index contributed by atoms with van der Waals surface area (Å²) in [6, 6.07) is 7.17. The van der Waals surface area contributed by atoms with E-state index in [9.17, 15) is 9.59 Å². The minimum atomic E-state index is -0.489. The zero-order valence-electron chi connectivity index (χ0n) is 18.3. The zero-order valence-corrected chi connectivity index (χ0v) is 19.0. The van der Waals surface area contributed by atoms with E-state index in [1.807, 2.05) is 33.8 Å². The van der Waals surface area contributed by atoms with Gasteiger partial charge in [0.2, 0.25) is 5.89 Å². The zero-order chi connectivity index (χ0) is 23.0. The van der Waals surface area contributed by atoms with Crippen LogP contribution in [0.4, 0.5) is 5.69 Å². The van der Waals surface area contributed by atoms with Gasteiger partial charge in [0.25, 0.3) is 5.91 Å². The standard InChI is InChI=1S/C22H27ClN4O4/c1-15-13-16(9-10-17(15)23)27(12-6-11-24)19(28)14-30-20(29)8-5-7-18-25-21(26-31-18)22(2,3)4/h9-10,13H,5-8,12,14H2,1-4H3. The fourth-order valence-corrected chi connectivity index (χ4v) is 2.81. The quantitative estimate of drug-likeness (QED) is 0.532.